The topological polar surface area (TPSA) is 33.1 Å². The van der Waals surface area contributed by atoms with Gasteiger partial charge in [-0.25, -0.2) is 4.98 Å². The van der Waals surface area contributed by atoms with E-state index in [9.17, 15) is 5.11 Å². The summed E-state index contributed by atoms with van der Waals surface area (Å²) in [6.07, 6.45) is 3.77. The molecule has 2 nitrogen and oxygen atoms in total. The van der Waals surface area contributed by atoms with Crippen molar-refractivity contribution in [3.63, 3.8) is 0 Å². The minimum absolute atomic E-state index is 0.673. The van der Waals surface area contributed by atoms with Crippen LogP contribution >= 0.6 is 11.3 Å². The molecule has 0 aliphatic heterocycles. The fourth-order valence-corrected chi connectivity index (χ4v) is 3.86. The molecule has 4 rings (SSSR count). The first-order chi connectivity index (χ1) is 12.3. The lowest BCUT2D eigenvalue weighted by Crippen LogP contribution is -2.24. The van der Waals surface area contributed by atoms with Crippen molar-refractivity contribution in [1.82, 2.24) is 4.98 Å². The highest BCUT2D eigenvalue weighted by molar-refractivity contribution is 7.18. The normalized spacial score (nSPS) is 14.0. The molecule has 122 valence electrons. The zero-order chi connectivity index (χ0) is 17.1. The third-order valence-corrected chi connectivity index (χ3v) is 5.31. The summed E-state index contributed by atoms with van der Waals surface area (Å²) in [4.78, 5) is 4.69. The minimum Gasteiger partial charge on any atom is -0.374 e. The van der Waals surface area contributed by atoms with Gasteiger partial charge in [0.2, 0.25) is 0 Å². The predicted molar refractivity (Wildman–Crippen MR) is 105 cm³/mol. The van der Waals surface area contributed by atoms with Gasteiger partial charge in [-0.2, -0.15) is 0 Å². The summed E-state index contributed by atoms with van der Waals surface area (Å²) in [6, 6.07) is 27.6. The molecule has 1 aromatic heterocycles. The molecule has 0 fully saturated rings. The van der Waals surface area contributed by atoms with Gasteiger partial charge in [-0.1, -0.05) is 78.9 Å². The highest BCUT2D eigenvalue weighted by atomic mass is 32.1. The van der Waals surface area contributed by atoms with Gasteiger partial charge in [0.25, 0.3) is 0 Å². The maximum atomic E-state index is 11.6. The van der Waals surface area contributed by atoms with Crippen LogP contribution in [-0.2, 0) is 5.60 Å². The summed E-state index contributed by atoms with van der Waals surface area (Å²) in [5.74, 6) is 0. The van der Waals surface area contributed by atoms with E-state index in [1.54, 1.807) is 0 Å². The fourth-order valence-electron chi connectivity index (χ4n) is 2.80. The fraction of sp³-hybridized carbons (Fsp3) is 0.0455. The molecule has 0 amide bonds. The van der Waals surface area contributed by atoms with E-state index >= 15 is 0 Å². The van der Waals surface area contributed by atoms with Gasteiger partial charge in [-0.15, -0.1) is 11.3 Å². The maximum absolute atomic E-state index is 11.6. The van der Waals surface area contributed by atoms with Gasteiger partial charge < -0.3 is 5.11 Å². The van der Waals surface area contributed by atoms with E-state index < -0.39 is 5.60 Å². The molecule has 4 aromatic rings. The first kappa shape index (κ1) is 15.8. The average Bonchev–Trinajstić information content (AvgIpc) is 3.12. The first-order valence-electron chi connectivity index (χ1n) is 8.14. The van der Waals surface area contributed by atoms with Crippen molar-refractivity contribution in [1.29, 1.82) is 0 Å². The van der Waals surface area contributed by atoms with Crippen molar-refractivity contribution in [3.05, 3.63) is 107 Å². The van der Waals surface area contributed by atoms with Gasteiger partial charge in [0.15, 0.2) is 5.60 Å². The Kier molecular flexibility index (Phi) is 4.18. The molecular weight excluding hydrogens is 326 g/mol. The smallest absolute Gasteiger partial charge is 0.160 e. The Hall–Kier alpha value is -2.75. The highest BCUT2D eigenvalue weighted by Gasteiger charge is 2.32. The van der Waals surface area contributed by atoms with Gasteiger partial charge >= 0.3 is 0 Å². The van der Waals surface area contributed by atoms with Crippen molar-refractivity contribution in [3.8, 4) is 0 Å². The van der Waals surface area contributed by atoms with Gasteiger partial charge in [0, 0.05) is 0 Å². The van der Waals surface area contributed by atoms with Crippen LogP contribution < -0.4 is 0 Å². The average molecular weight is 343 g/mol. The van der Waals surface area contributed by atoms with Gasteiger partial charge in [-0.3, -0.25) is 0 Å². The summed E-state index contributed by atoms with van der Waals surface area (Å²) in [6.45, 7) is 0. The molecule has 0 saturated heterocycles. The lowest BCUT2D eigenvalue weighted by Gasteiger charge is -2.22. The number of para-hydroxylation sites is 1. The zero-order valence-corrected chi connectivity index (χ0v) is 14.4. The molecule has 0 saturated carbocycles. The quantitative estimate of drug-likeness (QED) is 0.549. The number of aromatic nitrogens is 1. The Morgan fingerprint density at radius 1 is 0.800 bits per heavy atom. The SMILES string of the molecule is O[C@@](/C=C/c1ccccc1)(c1ccccc1)c1nc2ccccc2s1. The molecule has 1 atom stereocenters. The molecule has 0 aliphatic carbocycles. The molecular formula is C22H17NOS. The van der Waals surface area contributed by atoms with Crippen molar-refractivity contribution >= 4 is 27.6 Å². The van der Waals surface area contributed by atoms with Crippen LogP contribution in [0.25, 0.3) is 16.3 Å². The van der Waals surface area contributed by atoms with Crippen molar-refractivity contribution in [2.45, 2.75) is 5.60 Å². The third-order valence-electron chi connectivity index (χ3n) is 4.15. The number of hydrogen-bond donors (Lipinski definition) is 1. The summed E-state index contributed by atoms with van der Waals surface area (Å²) in [5.41, 5.74) is 1.49. The molecule has 0 unspecified atom stereocenters. The molecule has 3 heteroatoms. The first-order valence-corrected chi connectivity index (χ1v) is 8.95. The van der Waals surface area contributed by atoms with Crippen molar-refractivity contribution in [2.24, 2.45) is 0 Å². The lowest BCUT2D eigenvalue weighted by molar-refractivity contribution is 0.135. The second-order valence-corrected chi connectivity index (χ2v) is 6.89. The summed E-state index contributed by atoms with van der Waals surface area (Å²) < 4.78 is 1.07. The van der Waals surface area contributed by atoms with Crippen LogP contribution in [0.15, 0.2) is 91.0 Å². The van der Waals surface area contributed by atoms with E-state index in [2.05, 4.69) is 0 Å². The van der Waals surface area contributed by atoms with Crippen molar-refractivity contribution < 1.29 is 5.11 Å². The number of thiazole rings is 1. The number of fused-ring (bicyclic) bond motifs is 1. The highest BCUT2D eigenvalue weighted by Crippen LogP contribution is 2.36. The molecule has 0 spiro atoms. The van der Waals surface area contributed by atoms with Crippen LogP contribution in [0.4, 0.5) is 0 Å². The van der Waals surface area contributed by atoms with E-state index in [4.69, 9.17) is 4.98 Å². The van der Waals surface area contributed by atoms with Crippen LogP contribution in [0.1, 0.15) is 16.1 Å². The van der Waals surface area contributed by atoms with E-state index in [-0.39, 0.29) is 0 Å². The van der Waals surface area contributed by atoms with Crippen LogP contribution in [0.2, 0.25) is 0 Å². The summed E-state index contributed by atoms with van der Waals surface area (Å²) in [5, 5.41) is 12.3. The van der Waals surface area contributed by atoms with Gasteiger partial charge in [0.1, 0.15) is 5.01 Å². The van der Waals surface area contributed by atoms with E-state index in [0.29, 0.717) is 5.01 Å². The van der Waals surface area contributed by atoms with Crippen molar-refractivity contribution in [2.75, 3.05) is 0 Å². The summed E-state index contributed by atoms with van der Waals surface area (Å²) in [7, 11) is 0. The Bertz CT molecular complexity index is 975. The molecule has 0 aliphatic rings. The number of rotatable bonds is 4. The van der Waals surface area contributed by atoms with Crippen LogP contribution in [0, 0.1) is 0 Å². The Morgan fingerprint density at radius 2 is 1.44 bits per heavy atom. The zero-order valence-electron chi connectivity index (χ0n) is 13.5. The molecule has 1 N–H and O–H groups in total. The van der Waals surface area contributed by atoms with Gasteiger partial charge in [0.05, 0.1) is 10.2 Å². The Morgan fingerprint density at radius 3 is 2.16 bits per heavy atom. The number of hydrogen-bond acceptors (Lipinski definition) is 3. The van der Waals surface area contributed by atoms with Crippen LogP contribution in [-0.4, -0.2) is 10.1 Å². The number of nitrogens with zero attached hydrogens (tertiary/aromatic N) is 1. The monoisotopic (exact) mass is 343 g/mol. The maximum Gasteiger partial charge on any atom is 0.160 e. The van der Waals surface area contributed by atoms with E-state index in [1.165, 1.54) is 11.3 Å². The summed E-state index contributed by atoms with van der Waals surface area (Å²) >= 11 is 1.52. The second kappa shape index (κ2) is 6.63. The Balaban J connectivity index is 1.85. The molecule has 0 bridgehead atoms. The molecule has 0 radical (unpaired) electrons. The number of aliphatic hydroxyl groups is 1. The lowest BCUT2D eigenvalue weighted by atomic mass is 9.93. The third kappa shape index (κ3) is 3.12. The second-order valence-electron chi connectivity index (χ2n) is 5.86. The largest absolute Gasteiger partial charge is 0.374 e. The predicted octanol–water partition coefficient (Wildman–Crippen LogP) is 5.25. The standard InChI is InChI=1S/C22H17NOS/c24-22(18-11-5-2-6-12-18,16-15-17-9-3-1-4-10-17)21-23-19-13-7-8-14-20(19)25-21/h1-16,24H/b16-15+/t22-/m0/s1. The molecule has 25 heavy (non-hydrogen) atoms. The Labute approximate surface area is 150 Å². The van der Waals surface area contributed by atoms with Crippen LogP contribution in [0.3, 0.4) is 0 Å². The van der Waals surface area contributed by atoms with E-state index in [0.717, 1.165) is 21.3 Å². The molecule has 3 aromatic carbocycles. The van der Waals surface area contributed by atoms with E-state index in [1.807, 2.05) is 97.1 Å². The van der Waals surface area contributed by atoms with Crippen LogP contribution in [0.5, 0.6) is 0 Å². The number of benzene rings is 3. The minimum atomic E-state index is -1.26. The van der Waals surface area contributed by atoms with Gasteiger partial charge in [-0.05, 0) is 29.3 Å². The molecule has 1 heterocycles.